The molecule has 0 bridgehead atoms. The SMILES string of the molecule is CS(=O)(=O)N1CCCC(COCC2CCNCC2)C1. The fourth-order valence-corrected chi connectivity index (χ4v) is 3.86. The number of sulfonamides is 1. The van der Waals surface area contributed by atoms with Gasteiger partial charge in [0.05, 0.1) is 12.9 Å². The van der Waals surface area contributed by atoms with E-state index in [0.717, 1.165) is 32.5 Å². The largest absolute Gasteiger partial charge is 0.381 e. The fraction of sp³-hybridized carbons (Fsp3) is 1.00. The average Bonchev–Trinajstić information content (AvgIpc) is 2.39. The lowest BCUT2D eigenvalue weighted by Crippen LogP contribution is -2.40. The topological polar surface area (TPSA) is 58.6 Å². The van der Waals surface area contributed by atoms with Gasteiger partial charge in [-0.2, -0.15) is 0 Å². The Hall–Kier alpha value is -0.170. The molecule has 0 amide bonds. The van der Waals surface area contributed by atoms with E-state index in [1.54, 1.807) is 4.31 Å². The van der Waals surface area contributed by atoms with Crippen LogP contribution in [0.25, 0.3) is 0 Å². The number of nitrogens with one attached hydrogen (secondary N) is 1. The Kier molecular flexibility index (Phi) is 5.62. The lowest BCUT2D eigenvalue weighted by Gasteiger charge is -2.31. The van der Waals surface area contributed by atoms with Crippen LogP contribution in [-0.2, 0) is 14.8 Å². The highest BCUT2D eigenvalue weighted by atomic mass is 32.2. The number of hydrogen-bond donors (Lipinski definition) is 1. The first kappa shape index (κ1) is 15.2. The van der Waals surface area contributed by atoms with Gasteiger partial charge >= 0.3 is 0 Å². The minimum absolute atomic E-state index is 0.366. The molecule has 2 fully saturated rings. The van der Waals surface area contributed by atoms with E-state index in [-0.39, 0.29) is 0 Å². The van der Waals surface area contributed by atoms with Gasteiger partial charge < -0.3 is 10.1 Å². The van der Waals surface area contributed by atoms with Gasteiger partial charge in [0.15, 0.2) is 0 Å². The first-order valence-electron chi connectivity index (χ1n) is 7.29. The first-order chi connectivity index (χ1) is 9.05. The Morgan fingerprint density at radius 3 is 2.53 bits per heavy atom. The molecule has 1 N–H and O–H groups in total. The van der Waals surface area contributed by atoms with Crippen LogP contribution in [0.1, 0.15) is 25.7 Å². The van der Waals surface area contributed by atoms with Gasteiger partial charge in [0.25, 0.3) is 0 Å². The lowest BCUT2D eigenvalue weighted by molar-refractivity contribution is 0.0480. The molecule has 0 radical (unpaired) electrons. The maximum absolute atomic E-state index is 11.5. The summed E-state index contributed by atoms with van der Waals surface area (Å²) in [5.41, 5.74) is 0. The van der Waals surface area contributed by atoms with Crippen molar-refractivity contribution >= 4 is 10.0 Å². The smallest absolute Gasteiger partial charge is 0.211 e. The van der Waals surface area contributed by atoms with Gasteiger partial charge in [-0.05, 0) is 50.6 Å². The monoisotopic (exact) mass is 290 g/mol. The highest BCUT2D eigenvalue weighted by molar-refractivity contribution is 7.88. The number of piperidine rings is 2. The van der Waals surface area contributed by atoms with E-state index >= 15 is 0 Å². The van der Waals surface area contributed by atoms with Gasteiger partial charge in [0.1, 0.15) is 0 Å². The maximum atomic E-state index is 11.5. The number of hydrogen-bond acceptors (Lipinski definition) is 4. The normalized spacial score (nSPS) is 27.5. The van der Waals surface area contributed by atoms with Crippen LogP contribution in [0.4, 0.5) is 0 Å². The molecule has 0 aliphatic carbocycles. The lowest BCUT2D eigenvalue weighted by atomic mass is 9.98. The van der Waals surface area contributed by atoms with Crippen LogP contribution in [-0.4, -0.2) is 58.4 Å². The van der Waals surface area contributed by atoms with Crippen LogP contribution >= 0.6 is 0 Å². The molecule has 1 atom stereocenters. The Labute approximate surface area is 116 Å². The summed E-state index contributed by atoms with van der Waals surface area (Å²) in [4.78, 5) is 0. The zero-order valence-corrected chi connectivity index (χ0v) is 12.6. The Bertz CT molecular complexity index is 366. The average molecular weight is 290 g/mol. The van der Waals surface area contributed by atoms with Gasteiger partial charge in [-0.1, -0.05) is 0 Å². The van der Waals surface area contributed by atoms with Crippen LogP contribution in [0.3, 0.4) is 0 Å². The summed E-state index contributed by atoms with van der Waals surface area (Å²) in [6.07, 6.45) is 5.72. The molecule has 5 nitrogen and oxygen atoms in total. The predicted molar refractivity (Wildman–Crippen MR) is 75.6 cm³/mol. The van der Waals surface area contributed by atoms with Gasteiger partial charge in [-0.25, -0.2) is 12.7 Å². The van der Waals surface area contributed by atoms with Crippen molar-refractivity contribution in [3.63, 3.8) is 0 Å². The standard InChI is InChI=1S/C13H26N2O3S/c1-19(16,17)15-8-2-3-13(9-15)11-18-10-12-4-6-14-7-5-12/h12-14H,2-11H2,1H3. The molecule has 0 aromatic rings. The van der Waals surface area contributed by atoms with Crippen molar-refractivity contribution in [1.82, 2.24) is 9.62 Å². The summed E-state index contributed by atoms with van der Waals surface area (Å²) in [5.74, 6) is 1.04. The third kappa shape index (κ3) is 5.02. The maximum Gasteiger partial charge on any atom is 0.211 e. The van der Waals surface area contributed by atoms with Gasteiger partial charge in [0.2, 0.25) is 10.0 Å². The van der Waals surface area contributed by atoms with Crippen molar-refractivity contribution in [2.24, 2.45) is 11.8 Å². The third-order valence-electron chi connectivity index (χ3n) is 4.12. The molecule has 0 aromatic carbocycles. The predicted octanol–water partition coefficient (Wildman–Crippen LogP) is 0.674. The molecule has 1 unspecified atom stereocenters. The van der Waals surface area contributed by atoms with Crippen molar-refractivity contribution in [2.75, 3.05) is 45.6 Å². The van der Waals surface area contributed by atoms with E-state index in [2.05, 4.69) is 5.32 Å². The third-order valence-corrected chi connectivity index (χ3v) is 5.39. The summed E-state index contributed by atoms with van der Waals surface area (Å²) < 4.78 is 30.5. The van der Waals surface area contributed by atoms with E-state index in [1.165, 1.54) is 19.1 Å². The zero-order valence-electron chi connectivity index (χ0n) is 11.8. The molecule has 2 heterocycles. The highest BCUT2D eigenvalue weighted by Gasteiger charge is 2.26. The van der Waals surface area contributed by atoms with E-state index < -0.39 is 10.0 Å². The Morgan fingerprint density at radius 2 is 1.84 bits per heavy atom. The van der Waals surface area contributed by atoms with E-state index in [1.807, 2.05) is 0 Å². The van der Waals surface area contributed by atoms with Gasteiger partial charge in [-0.3, -0.25) is 0 Å². The van der Waals surface area contributed by atoms with E-state index in [4.69, 9.17) is 4.74 Å². The molecular weight excluding hydrogens is 264 g/mol. The van der Waals surface area contributed by atoms with E-state index in [0.29, 0.717) is 31.5 Å². The Morgan fingerprint density at radius 1 is 1.16 bits per heavy atom. The van der Waals surface area contributed by atoms with Crippen LogP contribution < -0.4 is 5.32 Å². The molecule has 2 aliphatic rings. The molecule has 0 spiro atoms. The minimum atomic E-state index is -3.03. The molecule has 2 rings (SSSR count). The molecule has 6 heteroatoms. The van der Waals surface area contributed by atoms with Crippen molar-refractivity contribution in [3.05, 3.63) is 0 Å². The van der Waals surface area contributed by atoms with Crippen molar-refractivity contribution in [3.8, 4) is 0 Å². The summed E-state index contributed by atoms with van der Waals surface area (Å²) in [6.45, 7) is 5.03. The zero-order chi connectivity index (χ0) is 13.7. The van der Waals surface area contributed by atoms with Crippen LogP contribution in [0.5, 0.6) is 0 Å². The number of ether oxygens (including phenoxy) is 1. The molecule has 112 valence electrons. The first-order valence-corrected chi connectivity index (χ1v) is 9.14. The quantitative estimate of drug-likeness (QED) is 0.809. The second-order valence-corrected chi connectivity index (χ2v) is 7.84. The fourth-order valence-electron chi connectivity index (χ4n) is 2.91. The minimum Gasteiger partial charge on any atom is -0.381 e. The summed E-state index contributed by atoms with van der Waals surface area (Å²) in [5, 5.41) is 3.35. The van der Waals surface area contributed by atoms with E-state index in [9.17, 15) is 8.42 Å². The van der Waals surface area contributed by atoms with Crippen molar-refractivity contribution < 1.29 is 13.2 Å². The van der Waals surface area contributed by atoms with Crippen LogP contribution in [0.2, 0.25) is 0 Å². The summed E-state index contributed by atoms with van der Waals surface area (Å²) >= 11 is 0. The van der Waals surface area contributed by atoms with Gasteiger partial charge in [-0.15, -0.1) is 0 Å². The highest BCUT2D eigenvalue weighted by Crippen LogP contribution is 2.20. The number of nitrogens with zero attached hydrogens (tertiary/aromatic N) is 1. The second kappa shape index (κ2) is 7.02. The summed E-state index contributed by atoms with van der Waals surface area (Å²) in [7, 11) is -3.03. The van der Waals surface area contributed by atoms with Crippen molar-refractivity contribution in [2.45, 2.75) is 25.7 Å². The summed E-state index contributed by atoms with van der Waals surface area (Å²) in [6, 6.07) is 0. The molecular formula is C13H26N2O3S. The second-order valence-electron chi connectivity index (χ2n) is 5.86. The van der Waals surface area contributed by atoms with Crippen molar-refractivity contribution in [1.29, 1.82) is 0 Å². The van der Waals surface area contributed by atoms with Crippen LogP contribution in [0.15, 0.2) is 0 Å². The molecule has 19 heavy (non-hydrogen) atoms. The molecule has 0 saturated carbocycles. The van der Waals surface area contributed by atoms with Crippen LogP contribution in [0, 0.1) is 11.8 Å². The Balaban J connectivity index is 1.67. The molecule has 2 aliphatic heterocycles. The number of rotatable bonds is 5. The molecule has 0 aromatic heterocycles. The molecule has 2 saturated heterocycles. The van der Waals surface area contributed by atoms with Gasteiger partial charge in [0, 0.05) is 19.7 Å².